The van der Waals surface area contributed by atoms with Gasteiger partial charge < -0.3 is 5.32 Å². The molecule has 0 unspecified atom stereocenters. The van der Waals surface area contributed by atoms with Gasteiger partial charge >= 0.3 is 12.1 Å². The molecule has 1 N–H and O–H groups in total. The third-order valence-electron chi connectivity index (χ3n) is 1.46. The van der Waals surface area contributed by atoms with Crippen LogP contribution < -0.4 is 5.32 Å². The van der Waals surface area contributed by atoms with Crippen LogP contribution in [0.25, 0.3) is 0 Å². The summed E-state index contributed by atoms with van der Waals surface area (Å²) in [5, 5.41) is 2.13. The molecule has 0 aromatic rings. The summed E-state index contributed by atoms with van der Waals surface area (Å²) in [6.07, 6.45) is -7.23. The molecule has 0 saturated heterocycles. The molecule has 0 fully saturated rings. The first kappa shape index (κ1) is 13.1. The second-order valence-corrected chi connectivity index (χ2v) is 2.79. The fraction of sp³-hybridized carbons (Fsp3) is 0.857. The highest BCUT2D eigenvalue weighted by Gasteiger charge is 2.56. The van der Waals surface area contributed by atoms with E-state index in [1.807, 2.05) is 0 Å². The Labute approximate surface area is 77.5 Å². The van der Waals surface area contributed by atoms with Crippen LogP contribution in [0.15, 0.2) is 0 Å². The Hall–Kier alpha value is -0.880. The molecule has 2 nitrogen and oxygen atoms in total. The lowest BCUT2D eigenvalue weighted by Gasteiger charge is -2.19. The molecule has 0 aromatic heterocycles. The topological polar surface area (TPSA) is 29.1 Å². The normalized spacial score (nSPS) is 12.7. The maximum atomic E-state index is 12.2. The number of alkyl halides is 5. The maximum absolute atomic E-state index is 12.2. The average Bonchev–Trinajstić information content (AvgIpc) is 1.95. The Morgan fingerprint density at radius 2 is 1.71 bits per heavy atom. The lowest BCUT2D eigenvalue weighted by Crippen LogP contribution is -2.37. The zero-order valence-electron chi connectivity index (χ0n) is 7.42. The highest BCUT2D eigenvalue weighted by Crippen LogP contribution is 2.38. The van der Waals surface area contributed by atoms with Crippen LogP contribution in [0.2, 0.25) is 0 Å². The molecule has 0 aliphatic heterocycles. The summed E-state index contributed by atoms with van der Waals surface area (Å²) >= 11 is 0. The third kappa shape index (κ3) is 4.38. The van der Waals surface area contributed by atoms with Crippen LogP contribution in [0.4, 0.5) is 22.0 Å². The van der Waals surface area contributed by atoms with Crippen LogP contribution in [-0.2, 0) is 4.79 Å². The van der Waals surface area contributed by atoms with Crippen LogP contribution in [0.5, 0.6) is 0 Å². The van der Waals surface area contributed by atoms with Crippen LogP contribution in [0.1, 0.15) is 19.8 Å². The van der Waals surface area contributed by atoms with E-state index in [2.05, 4.69) is 5.32 Å². The molecule has 0 aliphatic carbocycles. The quantitative estimate of drug-likeness (QED) is 0.569. The van der Waals surface area contributed by atoms with Crippen LogP contribution >= 0.6 is 0 Å². The van der Waals surface area contributed by atoms with Gasteiger partial charge in [0, 0.05) is 19.9 Å². The zero-order valence-corrected chi connectivity index (χ0v) is 7.42. The van der Waals surface area contributed by atoms with Crippen LogP contribution in [-0.4, -0.2) is 24.6 Å². The number of carbonyl (C=O) groups excluding carboxylic acids is 1. The second kappa shape index (κ2) is 4.56. The Bertz CT molecular complexity index is 201. The molecule has 14 heavy (non-hydrogen) atoms. The minimum absolute atomic E-state index is 0.180. The number of hydrogen-bond acceptors (Lipinski definition) is 1. The first-order valence-electron chi connectivity index (χ1n) is 3.86. The van der Waals surface area contributed by atoms with Crippen molar-refractivity contribution in [3.63, 3.8) is 0 Å². The van der Waals surface area contributed by atoms with Crippen molar-refractivity contribution in [2.75, 3.05) is 6.54 Å². The van der Waals surface area contributed by atoms with E-state index in [-0.39, 0.29) is 6.54 Å². The largest absolute Gasteiger partial charge is 0.453 e. The number of nitrogens with one attached hydrogen (secondary N) is 1. The monoisotopic (exact) mass is 219 g/mol. The van der Waals surface area contributed by atoms with Crippen molar-refractivity contribution in [3.8, 4) is 0 Å². The average molecular weight is 219 g/mol. The molecule has 0 bridgehead atoms. The number of rotatable bonds is 4. The van der Waals surface area contributed by atoms with Gasteiger partial charge in [0.25, 0.3) is 0 Å². The maximum Gasteiger partial charge on any atom is 0.453 e. The predicted molar refractivity (Wildman–Crippen MR) is 38.9 cm³/mol. The van der Waals surface area contributed by atoms with Crippen molar-refractivity contribution in [2.24, 2.45) is 0 Å². The first-order valence-corrected chi connectivity index (χ1v) is 3.86. The summed E-state index contributed by atoms with van der Waals surface area (Å²) in [6, 6.07) is 0. The van der Waals surface area contributed by atoms with Gasteiger partial charge in [-0.05, 0) is 6.42 Å². The highest BCUT2D eigenvalue weighted by molar-refractivity contribution is 5.72. The van der Waals surface area contributed by atoms with Gasteiger partial charge in [0.2, 0.25) is 5.91 Å². The van der Waals surface area contributed by atoms with Crippen molar-refractivity contribution in [3.05, 3.63) is 0 Å². The van der Waals surface area contributed by atoms with E-state index in [0.29, 0.717) is 0 Å². The molecule has 0 rings (SSSR count). The number of carbonyl (C=O) groups is 1. The Morgan fingerprint density at radius 1 is 1.21 bits per heavy atom. The van der Waals surface area contributed by atoms with E-state index in [1.165, 1.54) is 0 Å². The lowest BCUT2D eigenvalue weighted by molar-refractivity contribution is -0.284. The number of halogens is 5. The first-order chi connectivity index (χ1) is 6.17. The van der Waals surface area contributed by atoms with E-state index in [4.69, 9.17) is 0 Å². The fourth-order valence-corrected chi connectivity index (χ4v) is 0.717. The van der Waals surface area contributed by atoms with Crippen LogP contribution in [0, 0.1) is 0 Å². The molecule has 0 aliphatic rings. The molecular weight excluding hydrogens is 209 g/mol. The van der Waals surface area contributed by atoms with E-state index in [1.54, 1.807) is 0 Å². The van der Waals surface area contributed by atoms with E-state index in [0.717, 1.165) is 6.92 Å². The lowest BCUT2D eigenvalue weighted by atomic mass is 10.2. The summed E-state index contributed by atoms with van der Waals surface area (Å²) in [5.41, 5.74) is 0. The molecule has 0 radical (unpaired) electrons. The molecule has 7 heteroatoms. The molecule has 1 amide bonds. The Balaban J connectivity index is 3.83. The van der Waals surface area contributed by atoms with Crippen molar-refractivity contribution in [2.45, 2.75) is 31.9 Å². The van der Waals surface area contributed by atoms with Crippen molar-refractivity contribution < 1.29 is 26.7 Å². The Kier molecular flexibility index (Phi) is 4.28. The molecule has 0 saturated carbocycles. The van der Waals surface area contributed by atoms with E-state index < -0.39 is 30.8 Å². The van der Waals surface area contributed by atoms with Gasteiger partial charge in [-0.2, -0.15) is 22.0 Å². The second-order valence-electron chi connectivity index (χ2n) is 2.79. The summed E-state index contributed by atoms with van der Waals surface area (Å²) in [4.78, 5) is 10.2. The van der Waals surface area contributed by atoms with Gasteiger partial charge in [-0.1, -0.05) is 0 Å². The number of amides is 1. The number of hydrogen-bond donors (Lipinski definition) is 1. The summed E-state index contributed by atoms with van der Waals surface area (Å²) in [5.74, 6) is -5.13. The van der Waals surface area contributed by atoms with Gasteiger partial charge in [0.15, 0.2) is 0 Å². The standard InChI is InChI=1S/C7H10F5NO/c1-5(14)13-4-2-3-6(8,9)7(10,11)12/h2-4H2,1H3,(H,13,14). The summed E-state index contributed by atoms with van der Waals surface area (Å²) in [6.45, 7) is 0.975. The minimum Gasteiger partial charge on any atom is -0.356 e. The van der Waals surface area contributed by atoms with Crippen molar-refractivity contribution in [1.82, 2.24) is 5.32 Å². The molecule has 0 aromatic carbocycles. The molecule has 84 valence electrons. The summed E-state index contributed by atoms with van der Waals surface area (Å²) in [7, 11) is 0. The van der Waals surface area contributed by atoms with Gasteiger partial charge in [-0.25, -0.2) is 0 Å². The van der Waals surface area contributed by atoms with E-state index in [9.17, 15) is 26.7 Å². The minimum atomic E-state index is -5.51. The van der Waals surface area contributed by atoms with Gasteiger partial charge in [-0.15, -0.1) is 0 Å². The van der Waals surface area contributed by atoms with Crippen molar-refractivity contribution in [1.29, 1.82) is 0 Å². The molecule has 0 atom stereocenters. The summed E-state index contributed by atoms with van der Waals surface area (Å²) < 4.78 is 59.2. The van der Waals surface area contributed by atoms with Gasteiger partial charge in [0.1, 0.15) is 0 Å². The Morgan fingerprint density at radius 3 is 2.07 bits per heavy atom. The molecule has 0 heterocycles. The smallest absolute Gasteiger partial charge is 0.356 e. The van der Waals surface area contributed by atoms with Crippen LogP contribution in [0.3, 0.4) is 0 Å². The molecular formula is C7H10F5NO. The predicted octanol–water partition coefficient (Wildman–Crippen LogP) is 2.10. The van der Waals surface area contributed by atoms with Crippen molar-refractivity contribution >= 4 is 5.91 Å². The fourth-order valence-electron chi connectivity index (χ4n) is 0.717. The van der Waals surface area contributed by atoms with E-state index >= 15 is 0 Å². The highest BCUT2D eigenvalue weighted by atomic mass is 19.4. The van der Waals surface area contributed by atoms with Gasteiger partial charge in [0.05, 0.1) is 0 Å². The zero-order chi connectivity index (χ0) is 11.4. The SMILES string of the molecule is CC(=O)NCCCC(F)(F)C(F)(F)F. The van der Waals surface area contributed by atoms with Gasteiger partial charge in [-0.3, -0.25) is 4.79 Å². The molecule has 0 spiro atoms. The third-order valence-corrected chi connectivity index (χ3v) is 1.46.